The first-order valence-electron chi connectivity index (χ1n) is 16.9. The Balaban J connectivity index is 1.32. The highest BCUT2D eigenvalue weighted by Gasteiger charge is 2.44. The number of rotatable bonds is 6. The maximum absolute atomic E-state index is 10.4. The number of phenols is 1. The third-order valence-corrected chi connectivity index (χ3v) is 9.77. The first kappa shape index (κ1) is 29.9. The molecule has 2 heterocycles. The van der Waals surface area contributed by atoms with Crippen LogP contribution in [0.25, 0.3) is 10.9 Å². The Hall–Kier alpha value is -5.42. The summed E-state index contributed by atoms with van der Waals surface area (Å²) in [5.41, 5.74) is 10.6. The molecule has 0 fully saturated rings. The summed E-state index contributed by atoms with van der Waals surface area (Å²) in [5.74, 6) is 2.78. The quantitative estimate of drug-likeness (QED) is 0.199. The number of nitrogens with zero attached hydrogens (tertiary/aromatic N) is 3. The van der Waals surface area contributed by atoms with Gasteiger partial charge in [0.25, 0.3) is 0 Å². The maximum Gasteiger partial charge on any atom is 0.219 e. The van der Waals surface area contributed by atoms with Crippen LogP contribution in [0.1, 0.15) is 90.6 Å². The molecule has 0 radical (unpaired) electrons. The predicted molar refractivity (Wildman–Crippen MR) is 195 cm³/mol. The predicted octanol–water partition coefficient (Wildman–Crippen LogP) is 10.6. The zero-order valence-electron chi connectivity index (χ0n) is 27.8. The van der Waals surface area contributed by atoms with Crippen LogP contribution in [0.2, 0.25) is 0 Å². The summed E-state index contributed by atoms with van der Waals surface area (Å²) in [5, 5.41) is 11.3. The number of pyridine rings is 1. The lowest BCUT2D eigenvalue weighted by Gasteiger charge is -2.36. The van der Waals surface area contributed by atoms with Crippen LogP contribution in [0.5, 0.6) is 17.4 Å². The monoisotopic (exact) mass is 629 g/mol. The van der Waals surface area contributed by atoms with Crippen molar-refractivity contribution in [3.8, 4) is 17.4 Å². The second kappa shape index (κ2) is 12.0. The average Bonchev–Trinajstić information content (AvgIpc) is 3.42. The Morgan fingerprint density at radius 2 is 1.38 bits per heavy atom. The van der Waals surface area contributed by atoms with E-state index in [0.717, 1.165) is 23.2 Å². The highest BCUT2D eigenvalue weighted by molar-refractivity contribution is 6.13. The number of aliphatic imine (C=N–C) groups is 1. The molecule has 1 aromatic heterocycles. The van der Waals surface area contributed by atoms with Crippen LogP contribution in [0.4, 0.5) is 5.69 Å². The number of hydrogen-bond acceptors (Lipinski definition) is 5. The van der Waals surface area contributed by atoms with Gasteiger partial charge in [-0.3, -0.25) is 4.99 Å². The zero-order valence-corrected chi connectivity index (χ0v) is 27.8. The van der Waals surface area contributed by atoms with Crippen LogP contribution in [-0.2, 0) is 6.42 Å². The van der Waals surface area contributed by atoms with Gasteiger partial charge in [0, 0.05) is 17.0 Å². The number of anilines is 1. The molecule has 6 aromatic rings. The smallest absolute Gasteiger partial charge is 0.219 e. The Morgan fingerprint density at radius 1 is 0.708 bits per heavy atom. The van der Waals surface area contributed by atoms with E-state index in [0.29, 0.717) is 29.0 Å². The van der Waals surface area contributed by atoms with Gasteiger partial charge in [0.15, 0.2) is 0 Å². The van der Waals surface area contributed by atoms with Gasteiger partial charge >= 0.3 is 0 Å². The van der Waals surface area contributed by atoms with Gasteiger partial charge in [-0.15, -0.1) is 0 Å². The van der Waals surface area contributed by atoms with Crippen molar-refractivity contribution in [2.75, 3.05) is 4.90 Å². The second-order valence-corrected chi connectivity index (χ2v) is 13.5. The van der Waals surface area contributed by atoms with Crippen molar-refractivity contribution >= 4 is 22.4 Å². The molecule has 5 heteroatoms. The molecule has 5 nitrogen and oxygen atoms in total. The van der Waals surface area contributed by atoms with Crippen LogP contribution in [0.3, 0.4) is 0 Å². The molecule has 0 spiro atoms. The molecular formula is C43H39N3O2. The molecule has 1 N–H and O–H groups in total. The normalized spacial score (nSPS) is 16.8. The van der Waals surface area contributed by atoms with Crippen molar-refractivity contribution in [1.29, 1.82) is 0 Å². The molecule has 238 valence electrons. The Kier molecular flexibility index (Phi) is 7.48. The van der Waals surface area contributed by atoms with Crippen LogP contribution in [-0.4, -0.2) is 15.9 Å². The van der Waals surface area contributed by atoms with Crippen LogP contribution in [0.15, 0.2) is 126 Å². The molecule has 0 saturated carbocycles. The fourth-order valence-electron chi connectivity index (χ4n) is 7.50. The first-order valence-corrected chi connectivity index (χ1v) is 16.9. The number of aromatic nitrogens is 1. The van der Waals surface area contributed by atoms with E-state index >= 15 is 0 Å². The molecule has 1 aliphatic carbocycles. The molecule has 2 aliphatic rings. The Bertz CT molecular complexity index is 2170. The van der Waals surface area contributed by atoms with Crippen molar-refractivity contribution < 1.29 is 9.84 Å². The molecular weight excluding hydrogens is 590 g/mol. The van der Waals surface area contributed by atoms with E-state index in [9.17, 15) is 5.11 Å². The minimum Gasteiger partial charge on any atom is -0.506 e. The van der Waals surface area contributed by atoms with E-state index in [1.165, 1.54) is 39.1 Å². The first-order chi connectivity index (χ1) is 23.4. The standard InChI is InChI=1S/C43H39N3O2/c1-26(2)33-19-11-20-34(27(3)4)41(33)46-42-36-18-8-6-13-30(36)24-29-12-5-7-17-35(29)40(42)45-43(46)31-15-9-16-32(25-31)48-38-23-22-28-14-10-21-37(47)39(28)44-38/h5-23,25-27,40,42,47H,24H2,1-4H3/t40-,42-/m0/s1. The average molecular weight is 630 g/mol. The second-order valence-electron chi connectivity index (χ2n) is 13.5. The summed E-state index contributed by atoms with van der Waals surface area (Å²) in [6, 6.07) is 41.7. The van der Waals surface area contributed by atoms with Crippen molar-refractivity contribution in [3.05, 3.63) is 160 Å². The number of aromatic hydroxyl groups is 1. The summed E-state index contributed by atoms with van der Waals surface area (Å²) in [6.07, 6.45) is 0.887. The van der Waals surface area contributed by atoms with Gasteiger partial charge in [-0.05, 0) is 75.9 Å². The third-order valence-electron chi connectivity index (χ3n) is 9.77. The van der Waals surface area contributed by atoms with E-state index in [-0.39, 0.29) is 17.8 Å². The summed E-state index contributed by atoms with van der Waals surface area (Å²) in [6.45, 7) is 9.14. The molecule has 0 saturated heterocycles. The summed E-state index contributed by atoms with van der Waals surface area (Å²) in [7, 11) is 0. The van der Waals surface area contributed by atoms with Gasteiger partial charge in [-0.2, -0.15) is 0 Å². The fourth-order valence-corrected chi connectivity index (χ4v) is 7.50. The summed E-state index contributed by atoms with van der Waals surface area (Å²) < 4.78 is 6.36. The highest BCUT2D eigenvalue weighted by atomic mass is 16.5. The third kappa shape index (κ3) is 5.11. The molecule has 2 atom stereocenters. The number of ether oxygens (including phenoxy) is 1. The highest BCUT2D eigenvalue weighted by Crippen LogP contribution is 2.52. The number of hydrogen-bond donors (Lipinski definition) is 1. The fraction of sp³-hybridized carbons (Fsp3) is 0.209. The van der Waals surface area contributed by atoms with Crippen molar-refractivity contribution in [2.45, 2.75) is 58.0 Å². The molecule has 0 bridgehead atoms. The van der Waals surface area contributed by atoms with E-state index in [4.69, 9.17) is 9.73 Å². The van der Waals surface area contributed by atoms with E-state index in [2.05, 4.69) is 116 Å². The van der Waals surface area contributed by atoms with Gasteiger partial charge < -0.3 is 14.7 Å². The molecule has 8 rings (SSSR count). The molecule has 0 amide bonds. The van der Waals surface area contributed by atoms with E-state index in [1.807, 2.05) is 36.4 Å². The number of phenolic OH excluding ortho intramolecular Hbond substituents is 1. The van der Waals surface area contributed by atoms with Crippen LogP contribution in [0, 0.1) is 0 Å². The lowest BCUT2D eigenvalue weighted by molar-refractivity contribution is 0.460. The largest absolute Gasteiger partial charge is 0.506 e. The minimum atomic E-state index is -0.0882. The summed E-state index contributed by atoms with van der Waals surface area (Å²) >= 11 is 0. The molecule has 0 unspecified atom stereocenters. The van der Waals surface area contributed by atoms with Gasteiger partial charge in [0.05, 0.1) is 11.7 Å². The SMILES string of the molecule is CC(C)c1cccc(C(C)C)c1N1C(c2cccc(Oc3ccc4cccc(O)c4n3)c2)=N[C@H]2c3ccccc3Cc3ccccc3[C@@H]21. The number of para-hydroxylation sites is 2. The van der Waals surface area contributed by atoms with Crippen LogP contribution >= 0.6 is 0 Å². The van der Waals surface area contributed by atoms with Gasteiger partial charge in [-0.25, -0.2) is 4.98 Å². The minimum absolute atomic E-state index is 0.0213. The number of amidine groups is 1. The molecule has 48 heavy (non-hydrogen) atoms. The van der Waals surface area contributed by atoms with Gasteiger partial charge in [0.1, 0.15) is 28.9 Å². The number of fused-ring (bicyclic) bond motifs is 6. The summed E-state index contributed by atoms with van der Waals surface area (Å²) in [4.78, 5) is 12.8. The maximum atomic E-state index is 10.4. The number of benzene rings is 5. The lowest BCUT2D eigenvalue weighted by Crippen LogP contribution is -2.34. The van der Waals surface area contributed by atoms with Crippen molar-refractivity contribution in [1.82, 2.24) is 4.98 Å². The Labute approximate surface area is 282 Å². The van der Waals surface area contributed by atoms with Crippen molar-refractivity contribution in [2.24, 2.45) is 4.99 Å². The molecule has 5 aromatic carbocycles. The lowest BCUT2D eigenvalue weighted by atomic mass is 9.88. The van der Waals surface area contributed by atoms with Crippen LogP contribution < -0.4 is 9.64 Å². The Morgan fingerprint density at radius 3 is 2.12 bits per heavy atom. The topological polar surface area (TPSA) is 58.0 Å². The van der Waals surface area contributed by atoms with Gasteiger partial charge in [-0.1, -0.05) is 119 Å². The van der Waals surface area contributed by atoms with Gasteiger partial charge in [0.2, 0.25) is 5.88 Å². The zero-order chi connectivity index (χ0) is 32.9. The molecule has 1 aliphatic heterocycles. The van der Waals surface area contributed by atoms with E-state index < -0.39 is 0 Å². The van der Waals surface area contributed by atoms with E-state index in [1.54, 1.807) is 6.07 Å². The van der Waals surface area contributed by atoms with Crippen molar-refractivity contribution in [3.63, 3.8) is 0 Å².